The molecule has 2 aliphatic rings. The SMILES string of the molecule is Cn1cc(-c2ccnc(-n3ccc4cc(C5CC5)cc(F)c4c3=O)c2C=O)cc(Nc2cc3n(n2)CCN(C(=O)OC(C)(C)C)C3)c1=O. The molecule has 1 aliphatic carbocycles. The number of amides is 1. The van der Waals surface area contributed by atoms with E-state index in [-0.39, 0.29) is 28.0 Å². The molecule has 5 aromatic rings. The minimum Gasteiger partial charge on any atom is -0.444 e. The summed E-state index contributed by atoms with van der Waals surface area (Å²) in [5.41, 5.74) is 1.27. The van der Waals surface area contributed by atoms with Gasteiger partial charge < -0.3 is 19.5 Å². The maximum absolute atomic E-state index is 15.2. The average molecular weight is 652 g/mol. The van der Waals surface area contributed by atoms with Crippen LogP contribution in [0.3, 0.4) is 0 Å². The van der Waals surface area contributed by atoms with E-state index in [9.17, 15) is 19.2 Å². The van der Waals surface area contributed by atoms with Crippen molar-refractivity contribution >= 4 is 34.7 Å². The van der Waals surface area contributed by atoms with Gasteiger partial charge in [0.05, 0.1) is 29.7 Å². The summed E-state index contributed by atoms with van der Waals surface area (Å²) in [6.07, 6.45) is 6.73. The molecule has 1 fully saturated rings. The van der Waals surface area contributed by atoms with Crippen molar-refractivity contribution < 1.29 is 18.7 Å². The van der Waals surface area contributed by atoms with E-state index >= 15 is 4.39 Å². The fourth-order valence-electron chi connectivity index (χ4n) is 6.09. The Morgan fingerprint density at radius 2 is 1.88 bits per heavy atom. The highest BCUT2D eigenvalue weighted by atomic mass is 19.1. The number of nitrogens with zero attached hydrogens (tertiary/aromatic N) is 6. The van der Waals surface area contributed by atoms with Gasteiger partial charge in [-0.15, -0.1) is 0 Å². The number of hydrogen-bond donors (Lipinski definition) is 1. The molecule has 246 valence electrons. The Kier molecular flexibility index (Phi) is 7.49. The highest BCUT2D eigenvalue weighted by molar-refractivity contribution is 5.92. The Balaban J connectivity index is 1.22. The van der Waals surface area contributed by atoms with Crippen molar-refractivity contribution in [2.24, 2.45) is 7.05 Å². The summed E-state index contributed by atoms with van der Waals surface area (Å²) in [7, 11) is 1.59. The highest BCUT2D eigenvalue weighted by Crippen LogP contribution is 2.41. The third-order valence-electron chi connectivity index (χ3n) is 8.55. The van der Waals surface area contributed by atoms with E-state index in [4.69, 9.17) is 4.74 Å². The minimum absolute atomic E-state index is 0.0414. The molecule has 0 saturated heterocycles. The predicted octanol–water partition coefficient (Wildman–Crippen LogP) is 5.27. The monoisotopic (exact) mass is 651 g/mol. The van der Waals surface area contributed by atoms with E-state index in [2.05, 4.69) is 15.4 Å². The van der Waals surface area contributed by atoms with Crippen molar-refractivity contribution in [2.45, 2.75) is 58.2 Å². The van der Waals surface area contributed by atoms with E-state index in [1.165, 1.54) is 27.6 Å². The van der Waals surface area contributed by atoms with Crippen molar-refractivity contribution in [1.29, 1.82) is 0 Å². The Hall–Kier alpha value is -5.59. The molecular formula is C35H34FN7O5. The summed E-state index contributed by atoms with van der Waals surface area (Å²) in [6, 6.07) is 9.90. The molecule has 0 bridgehead atoms. The maximum atomic E-state index is 15.2. The number of aldehydes is 1. The first-order chi connectivity index (χ1) is 22.9. The van der Waals surface area contributed by atoms with Crippen LogP contribution in [0.25, 0.3) is 27.7 Å². The number of fused-ring (bicyclic) bond motifs is 2. The molecule has 0 atom stereocenters. The molecule has 7 rings (SSSR count). The second-order valence-electron chi connectivity index (χ2n) is 13.3. The van der Waals surface area contributed by atoms with Crippen LogP contribution in [-0.2, 0) is 24.9 Å². The summed E-state index contributed by atoms with van der Waals surface area (Å²) < 4.78 is 25.1. The number of anilines is 2. The van der Waals surface area contributed by atoms with E-state index in [1.807, 2.05) is 26.8 Å². The van der Waals surface area contributed by atoms with Gasteiger partial charge in [-0.05, 0) is 80.3 Å². The molecule has 0 spiro atoms. The molecule has 1 amide bonds. The van der Waals surface area contributed by atoms with Gasteiger partial charge in [0.1, 0.15) is 17.1 Å². The van der Waals surface area contributed by atoms with Crippen LogP contribution in [0.2, 0.25) is 0 Å². The smallest absolute Gasteiger partial charge is 0.410 e. The zero-order valence-corrected chi connectivity index (χ0v) is 27.0. The quantitative estimate of drug-likeness (QED) is 0.246. The lowest BCUT2D eigenvalue weighted by molar-refractivity contribution is 0.0194. The van der Waals surface area contributed by atoms with Crippen LogP contribution in [0, 0.1) is 5.82 Å². The molecule has 12 nitrogen and oxygen atoms in total. The van der Waals surface area contributed by atoms with E-state index in [0.29, 0.717) is 54.2 Å². The zero-order chi connectivity index (χ0) is 33.9. The van der Waals surface area contributed by atoms with Crippen LogP contribution in [0.5, 0.6) is 0 Å². The van der Waals surface area contributed by atoms with Crippen LogP contribution in [0.15, 0.2) is 64.6 Å². The van der Waals surface area contributed by atoms with E-state index < -0.39 is 23.1 Å². The molecule has 1 aliphatic heterocycles. The third kappa shape index (κ3) is 5.76. The number of benzene rings is 1. The lowest BCUT2D eigenvalue weighted by Crippen LogP contribution is -2.41. The number of carbonyl (C=O) groups is 2. The van der Waals surface area contributed by atoms with Gasteiger partial charge >= 0.3 is 6.09 Å². The number of aryl methyl sites for hydroxylation is 1. The normalized spacial score (nSPS) is 14.6. The fourth-order valence-corrected chi connectivity index (χ4v) is 6.09. The summed E-state index contributed by atoms with van der Waals surface area (Å²) in [4.78, 5) is 58.0. The van der Waals surface area contributed by atoms with Crippen molar-refractivity contribution in [3.8, 4) is 16.9 Å². The molecule has 13 heteroatoms. The Morgan fingerprint density at radius 1 is 1.08 bits per heavy atom. The minimum atomic E-state index is -0.628. The number of ether oxygens (including phenoxy) is 1. The van der Waals surface area contributed by atoms with E-state index in [0.717, 1.165) is 24.1 Å². The van der Waals surface area contributed by atoms with Gasteiger partial charge in [0, 0.05) is 43.8 Å². The summed E-state index contributed by atoms with van der Waals surface area (Å²) >= 11 is 0. The van der Waals surface area contributed by atoms with Gasteiger partial charge in [-0.3, -0.25) is 23.6 Å². The second-order valence-corrected chi connectivity index (χ2v) is 13.3. The lowest BCUT2D eigenvalue weighted by Gasteiger charge is -2.30. The number of halogens is 1. The summed E-state index contributed by atoms with van der Waals surface area (Å²) in [5.74, 6) is 0.164. The van der Waals surface area contributed by atoms with Crippen LogP contribution in [-0.4, -0.2) is 53.3 Å². The van der Waals surface area contributed by atoms with Gasteiger partial charge in [0.25, 0.3) is 11.1 Å². The first-order valence-electron chi connectivity index (χ1n) is 15.7. The third-order valence-corrected chi connectivity index (χ3v) is 8.55. The van der Waals surface area contributed by atoms with Crippen molar-refractivity contribution in [3.05, 3.63) is 98.3 Å². The predicted molar refractivity (Wildman–Crippen MR) is 177 cm³/mol. The van der Waals surface area contributed by atoms with Crippen LogP contribution >= 0.6 is 0 Å². The van der Waals surface area contributed by atoms with Gasteiger partial charge in [-0.2, -0.15) is 5.10 Å². The second kappa shape index (κ2) is 11.6. The Morgan fingerprint density at radius 3 is 2.60 bits per heavy atom. The molecular weight excluding hydrogens is 617 g/mol. The largest absolute Gasteiger partial charge is 0.444 e. The summed E-state index contributed by atoms with van der Waals surface area (Å²) in [5, 5.41) is 8.10. The first kappa shape index (κ1) is 31.0. The van der Waals surface area contributed by atoms with Crippen LogP contribution in [0.1, 0.15) is 61.1 Å². The molecule has 1 aromatic carbocycles. The topological polar surface area (TPSA) is 133 Å². The van der Waals surface area contributed by atoms with Crippen molar-refractivity contribution in [1.82, 2.24) is 28.8 Å². The number of pyridine rings is 3. The number of rotatable bonds is 6. The fraction of sp³-hybridized carbons (Fsp3) is 0.314. The van der Waals surface area contributed by atoms with Gasteiger partial charge in [0.15, 0.2) is 17.9 Å². The Bertz CT molecular complexity index is 2240. The van der Waals surface area contributed by atoms with Crippen LogP contribution < -0.4 is 16.4 Å². The summed E-state index contributed by atoms with van der Waals surface area (Å²) in [6.45, 7) is 6.62. The molecule has 48 heavy (non-hydrogen) atoms. The molecule has 1 N–H and O–H groups in total. The number of hydrogen-bond acceptors (Lipinski definition) is 8. The highest BCUT2D eigenvalue weighted by Gasteiger charge is 2.28. The number of nitrogens with one attached hydrogen (secondary N) is 1. The number of aromatic nitrogens is 5. The number of carbonyl (C=O) groups excluding carboxylic acids is 2. The van der Waals surface area contributed by atoms with Gasteiger partial charge in [0.2, 0.25) is 0 Å². The van der Waals surface area contributed by atoms with Gasteiger partial charge in [-0.1, -0.05) is 6.07 Å². The molecule has 0 unspecified atom stereocenters. The van der Waals surface area contributed by atoms with Crippen molar-refractivity contribution in [2.75, 3.05) is 11.9 Å². The molecule has 0 radical (unpaired) electrons. The van der Waals surface area contributed by atoms with Crippen LogP contribution in [0.4, 0.5) is 20.7 Å². The zero-order valence-electron chi connectivity index (χ0n) is 27.0. The first-order valence-corrected chi connectivity index (χ1v) is 15.7. The molecule has 5 heterocycles. The lowest BCUT2D eigenvalue weighted by atomic mass is 10.0. The Labute approximate surface area is 274 Å². The van der Waals surface area contributed by atoms with E-state index in [1.54, 1.807) is 47.1 Å². The van der Waals surface area contributed by atoms with Gasteiger partial charge in [-0.25, -0.2) is 14.2 Å². The maximum Gasteiger partial charge on any atom is 0.410 e. The molecule has 4 aromatic heterocycles. The average Bonchev–Trinajstić information content (AvgIpc) is 3.81. The standard InChI is InChI=1S/C35H34FN7O5/c1-35(2,3)48-34(47)41-11-12-43-24(18-41)16-29(39-43)38-28-15-23(17-40(4)32(28)45)25-7-9-37-31(26(25)19-44)42-10-8-21-13-22(20-5-6-20)14-27(36)30(21)33(42)46/h7-10,13-17,19-20H,5-6,11-12,18H2,1-4H3,(H,38,39). The molecule has 1 saturated carbocycles. The van der Waals surface area contributed by atoms with Crippen molar-refractivity contribution in [3.63, 3.8) is 0 Å².